The summed E-state index contributed by atoms with van der Waals surface area (Å²) in [5.74, 6) is -10.1. The standard InChI is InChI=1S/C57H61Cl2N9O21/c1-31(69)77-29-43-44(59)47(80-33(3)71)49(81-34(4)72)56(84-43)89-57(30-58)51(82-35(5)73)46(79-32(2)70)42(88-57)27-68-25-40(63-66-68)28-78-55-50(87-54(76)38-20-13-8-14-21-38)48(86-53(75)37-18-11-7-12-19-37)45(85-52(74)36-16-9-6-10-17-36)41(83-55)26-67-24-39(62-65-67)22-15-23-61-64-60/h6-14,16-21,24-25,41-51,55-56H,15,22-23,26-30H2,1-5H3/t41-,42-,43?,44+,45-,46-,47+,48+,49-,50-,51+,55-,56-,57+/m1/s1. The second kappa shape index (κ2) is 31.0. The van der Waals surface area contributed by atoms with Crippen LogP contribution in [0.1, 0.15) is 83.5 Å². The molecule has 0 amide bonds. The number of rotatable bonds is 26. The van der Waals surface area contributed by atoms with Crippen molar-refractivity contribution in [1.82, 2.24) is 30.0 Å². The Labute approximate surface area is 517 Å². The average molecular weight is 1280 g/mol. The summed E-state index contributed by atoms with van der Waals surface area (Å²) in [6.07, 6.45) is -15.2. The van der Waals surface area contributed by atoms with Crippen LogP contribution in [0.4, 0.5) is 0 Å². The molecule has 3 fully saturated rings. The molecule has 0 N–H and O–H groups in total. The van der Waals surface area contributed by atoms with Crippen LogP contribution in [0.2, 0.25) is 0 Å². The lowest BCUT2D eigenvalue weighted by molar-refractivity contribution is -0.359. The molecule has 474 valence electrons. The number of halogens is 2. The highest BCUT2D eigenvalue weighted by Crippen LogP contribution is 2.43. The molecule has 1 unspecified atom stereocenters. The van der Waals surface area contributed by atoms with Gasteiger partial charge >= 0.3 is 47.8 Å². The lowest BCUT2D eigenvalue weighted by Crippen LogP contribution is -2.63. The summed E-state index contributed by atoms with van der Waals surface area (Å²) in [7, 11) is 0. The van der Waals surface area contributed by atoms with E-state index in [0.29, 0.717) is 18.5 Å². The second-order valence-corrected chi connectivity index (χ2v) is 21.0. The zero-order valence-electron chi connectivity index (χ0n) is 48.3. The molecule has 3 saturated heterocycles. The van der Waals surface area contributed by atoms with Crippen molar-refractivity contribution in [1.29, 1.82) is 0 Å². The molecule has 30 nitrogen and oxygen atoms in total. The first kappa shape index (κ1) is 66.3. The Hall–Kier alpha value is -8.61. The van der Waals surface area contributed by atoms with E-state index in [1.807, 2.05) is 0 Å². The largest absolute Gasteiger partial charge is 0.463 e. The fourth-order valence-electron chi connectivity index (χ4n) is 9.82. The fraction of sp³-hybridized carbons (Fsp3) is 0.474. The van der Waals surface area contributed by atoms with Crippen LogP contribution in [-0.4, -0.2) is 182 Å². The predicted octanol–water partition coefficient (Wildman–Crippen LogP) is 4.70. The van der Waals surface area contributed by atoms with E-state index in [4.69, 9.17) is 90.3 Å². The Morgan fingerprint density at radius 1 is 0.584 bits per heavy atom. The molecular formula is C57H61Cl2N9O21. The highest BCUT2D eigenvalue weighted by molar-refractivity contribution is 6.21. The van der Waals surface area contributed by atoms with Gasteiger partial charge in [-0.2, -0.15) is 0 Å². The number of esters is 8. The van der Waals surface area contributed by atoms with Crippen LogP contribution >= 0.6 is 23.2 Å². The molecule has 0 spiro atoms. The van der Waals surface area contributed by atoms with Crippen molar-refractivity contribution in [2.75, 3.05) is 19.0 Å². The number of nitrogens with zero attached hydrogens (tertiary/aromatic N) is 9. The van der Waals surface area contributed by atoms with Crippen LogP contribution in [0.25, 0.3) is 10.4 Å². The van der Waals surface area contributed by atoms with E-state index in [0.717, 1.165) is 34.6 Å². The third kappa shape index (κ3) is 17.6. The molecule has 3 aliphatic heterocycles. The minimum Gasteiger partial charge on any atom is -0.463 e. The van der Waals surface area contributed by atoms with Gasteiger partial charge in [0, 0.05) is 52.3 Å². The van der Waals surface area contributed by atoms with Gasteiger partial charge in [-0.1, -0.05) is 70.1 Å². The Morgan fingerprint density at radius 3 is 1.61 bits per heavy atom. The number of aryl methyl sites for hydroxylation is 1. The lowest BCUT2D eigenvalue weighted by Gasteiger charge is -2.45. The van der Waals surface area contributed by atoms with Gasteiger partial charge in [0.2, 0.25) is 12.1 Å². The van der Waals surface area contributed by atoms with E-state index < -0.39 is 152 Å². The van der Waals surface area contributed by atoms with Gasteiger partial charge in [-0.3, -0.25) is 24.0 Å². The van der Waals surface area contributed by atoms with E-state index in [1.165, 1.54) is 52.0 Å². The van der Waals surface area contributed by atoms with Gasteiger partial charge in [0.05, 0.1) is 54.2 Å². The van der Waals surface area contributed by atoms with Gasteiger partial charge in [-0.25, -0.2) is 23.7 Å². The van der Waals surface area contributed by atoms with E-state index in [9.17, 15) is 38.4 Å². The molecule has 32 heteroatoms. The van der Waals surface area contributed by atoms with Crippen molar-refractivity contribution < 1.29 is 99.9 Å². The summed E-state index contributed by atoms with van der Waals surface area (Å²) in [6.45, 7) is 3.92. The third-order valence-electron chi connectivity index (χ3n) is 13.6. The molecule has 3 aliphatic rings. The van der Waals surface area contributed by atoms with Crippen LogP contribution in [0.15, 0.2) is 109 Å². The third-order valence-corrected chi connectivity index (χ3v) is 14.5. The number of carbonyl (C=O) groups is 8. The average Bonchev–Trinajstić information content (AvgIpc) is 2.03. The number of aromatic nitrogens is 6. The molecule has 89 heavy (non-hydrogen) atoms. The number of carbonyl (C=O) groups excluding carboxylic acids is 8. The monoisotopic (exact) mass is 1280 g/mol. The van der Waals surface area contributed by atoms with Gasteiger partial charge in [-0.05, 0) is 54.8 Å². The van der Waals surface area contributed by atoms with Crippen molar-refractivity contribution in [2.45, 2.75) is 152 Å². The molecular weight excluding hydrogens is 1220 g/mol. The first-order chi connectivity index (χ1) is 42.7. The molecule has 2 aromatic heterocycles. The van der Waals surface area contributed by atoms with Crippen LogP contribution < -0.4 is 0 Å². The van der Waals surface area contributed by atoms with Gasteiger partial charge in [-0.15, -0.1) is 33.4 Å². The van der Waals surface area contributed by atoms with Crippen molar-refractivity contribution in [3.8, 4) is 0 Å². The quantitative estimate of drug-likeness (QED) is 0.0138. The fourth-order valence-corrected chi connectivity index (χ4v) is 10.4. The molecule has 14 atom stereocenters. The van der Waals surface area contributed by atoms with Crippen LogP contribution in [0.3, 0.4) is 0 Å². The second-order valence-electron chi connectivity index (χ2n) is 20.2. The smallest absolute Gasteiger partial charge is 0.338 e. The Kier molecular flexibility index (Phi) is 23.1. The molecule has 0 saturated carbocycles. The summed E-state index contributed by atoms with van der Waals surface area (Å²) in [5, 5.41) is 19.3. The first-order valence-corrected chi connectivity index (χ1v) is 28.6. The van der Waals surface area contributed by atoms with Crippen molar-refractivity contribution in [3.05, 3.63) is 142 Å². The topological polar surface area (TPSA) is 367 Å². The first-order valence-electron chi connectivity index (χ1n) is 27.6. The summed E-state index contributed by atoms with van der Waals surface area (Å²) >= 11 is 13.4. The molecule has 8 rings (SSSR count). The van der Waals surface area contributed by atoms with Crippen LogP contribution in [0, 0.1) is 0 Å². The Balaban J connectivity index is 1.12. The molecule has 3 aromatic carbocycles. The number of azide groups is 1. The zero-order valence-corrected chi connectivity index (χ0v) is 49.8. The molecule has 5 heterocycles. The molecule has 0 radical (unpaired) electrons. The summed E-state index contributed by atoms with van der Waals surface area (Å²) in [6, 6.07) is 23.7. The van der Waals surface area contributed by atoms with Gasteiger partial charge in [0.25, 0.3) is 0 Å². The highest BCUT2D eigenvalue weighted by atomic mass is 35.5. The zero-order chi connectivity index (χ0) is 63.8. The van der Waals surface area contributed by atoms with E-state index in [-0.39, 0.29) is 42.0 Å². The molecule has 5 aromatic rings. The van der Waals surface area contributed by atoms with Crippen molar-refractivity contribution in [3.63, 3.8) is 0 Å². The van der Waals surface area contributed by atoms with Crippen LogP contribution in [0.5, 0.6) is 0 Å². The summed E-state index contributed by atoms with van der Waals surface area (Å²) in [5.41, 5.74) is 9.64. The van der Waals surface area contributed by atoms with E-state index in [2.05, 4.69) is 30.7 Å². The maximum Gasteiger partial charge on any atom is 0.338 e. The van der Waals surface area contributed by atoms with E-state index in [1.54, 1.807) is 60.8 Å². The minimum absolute atomic E-state index is 0.0691. The predicted molar refractivity (Wildman–Crippen MR) is 299 cm³/mol. The number of alkyl halides is 2. The van der Waals surface area contributed by atoms with Gasteiger partial charge < -0.3 is 61.6 Å². The maximum absolute atomic E-state index is 14.2. The lowest BCUT2D eigenvalue weighted by atomic mass is 9.97. The SMILES string of the molecule is CC(=O)OCC1O[C@H](O[C@]2(CCl)O[C@H](Cn3cc(CO[C@@H]4O[C@H](Cn5cc(CCCN=[N+]=[N-])nn5)[C@@H](OC(=O)c5ccccc5)[C@H](OC(=O)c5ccccc5)[C@H]4OC(=O)c4ccccc4)nn3)[C@@H](OC(C)=O)[C@@H]2OC(C)=O)[C@H](OC(C)=O)[C@@H](OC(C)=O)[C@H]1Cl. The normalized spacial score (nSPS) is 26.3. The summed E-state index contributed by atoms with van der Waals surface area (Å²) in [4.78, 5) is 108. The minimum atomic E-state index is -2.37. The van der Waals surface area contributed by atoms with E-state index >= 15 is 0 Å². The Morgan fingerprint density at radius 2 is 1.07 bits per heavy atom. The van der Waals surface area contributed by atoms with Gasteiger partial charge in [0.1, 0.15) is 36.0 Å². The summed E-state index contributed by atoms with van der Waals surface area (Å²) < 4.78 is 81.2. The van der Waals surface area contributed by atoms with Crippen molar-refractivity contribution in [2.24, 2.45) is 5.11 Å². The van der Waals surface area contributed by atoms with Gasteiger partial charge in [0.15, 0.2) is 49.0 Å². The maximum atomic E-state index is 14.2. The van der Waals surface area contributed by atoms with Crippen LogP contribution in [-0.2, 0) is 112 Å². The number of hydrogen-bond donors (Lipinski definition) is 0. The highest BCUT2D eigenvalue weighted by Gasteiger charge is 2.63. The molecule has 0 aliphatic carbocycles. The number of benzene rings is 3. The van der Waals surface area contributed by atoms with Crippen molar-refractivity contribution >= 4 is 71.0 Å². The Bertz CT molecular complexity index is 3320. The number of ether oxygens (including phenoxy) is 13. The number of hydrogen-bond acceptors (Lipinski definition) is 26. The molecule has 0 bridgehead atoms.